The maximum absolute atomic E-state index is 14.7. The molecule has 4 amide bonds. The molecule has 2 aliphatic heterocycles. The summed E-state index contributed by atoms with van der Waals surface area (Å²) >= 11 is 0. The third-order valence-corrected chi connectivity index (χ3v) is 7.83. The van der Waals surface area contributed by atoms with E-state index in [1.807, 2.05) is 6.07 Å². The van der Waals surface area contributed by atoms with Gasteiger partial charge in [0.2, 0.25) is 17.7 Å². The van der Waals surface area contributed by atoms with Crippen LogP contribution in [0, 0.1) is 23.2 Å². The number of likely N-dealkylation sites (tertiary alicyclic amines) is 1. The zero-order valence-electron chi connectivity index (χ0n) is 21.7. The van der Waals surface area contributed by atoms with Crippen molar-refractivity contribution in [3.05, 3.63) is 0 Å². The second-order valence-corrected chi connectivity index (χ2v) is 10.7. The van der Waals surface area contributed by atoms with Gasteiger partial charge < -0.3 is 20.9 Å². The molecule has 0 radical (unpaired) electrons. The number of nitrogens with zero attached hydrogens (tertiary/aromatic N) is 2. The molecule has 0 unspecified atom stereocenters. The van der Waals surface area contributed by atoms with Crippen LogP contribution in [0.15, 0.2) is 0 Å². The monoisotopic (exact) mass is 563 g/mol. The second kappa shape index (κ2) is 12.5. The zero-order valence-corrected chi connectivity index (χ0v) is 21.7. The summed E-state index contributed by atoms with van der Waals surface area (Å²) in [6.45, 7) is 1.99. The van der Waals surface area contributed by atoms with Crippen molar-refractivity contribution >= 4 is 23.6 Å². The number of amides is 4. The van der Waals surface area contributed by atoms with Gasteiger partial charge in [-0.3, -0.25) is 19.2 Å². The molecule has 3 N–H and O–H groups in total. The standard InChI is InChI=1S/C25H34F5N5O4/c1-2-17-11-24(26,27)12-19(21(37)33-16(13-31)10-15-7-4-8-32-20(15)36)35(17)22(38)18(9-14-5-3-6-14)34-23(39)25(28,29)30/h14-19H,2-12H2,1H3,(H,32,36)(H,33,37)(H,34,39)/t15-,16-,17-,18+,19-/m0/s1. The van der Waals surface area contributed by atoms with Crippen LogP contribution in [-0.2, 0) is 19.2 Å². The Hall–Kier alpha value is -2.98. The lowest BCUT2D eigenvalue weighted by molar-refractivity contribution is -0.177. The van der Waals surface area contributed by atoms with Crippen molar-refractivity contribution in [2.24, 2.45) is 11.8 Å². The van der Waals surface area contributed by atoms with E-state index < -0.39 is 72.7 Å². The van der Waals surface area contributed by atoms with Crippen LogP contribution in [0.4, 0.5) is 22.0 Å². The lowest BCUT2D eigenvalue weighted by Crippen LogP contribution is -2.65. The van der Waals surface area contributed by atoms with Gasteiger partial charge in [0.25, 0.3) is 5.92 Å². The fourth-order valence-electron chi connectivity index (χ4n) is 5.52. The lowest BCUT2D eigenvalue weighted by Gasteiger charge is -2.46. The van der Waals surface area contributed by atoms with E-state index in [1.54, 1.807) is 5.32 Å². The van der Waals surface area contributed by atoms with Gasteiger partial charge in [-0.15, -0.1) is 0 Å². The first-order valence-electron chi connectivity index (χ1n) is 13.3. The molecule has 39 heavy (non-hydrogen) atoms. The Morgan fingerprint density at radius 1 is 1.13 bits per heavy atom. The summed E-state index contributed by atoms with van der Waals surface area (Å²) in [5.74, 6) is -8.77. The first-order chi connectivity index (χ1) is 18.3. The van der Waals surface area contributed by atoms with E-state index >= 15 is 0 Å². The normalized spacial score (nSPS) is 26.8. The Kier molecular flexibility index (Phi) is 9.77. The number of hydrogen-bond acceptors (Lipinski definition) is 5. The van der Waals surface area contributed by atoms with Crippen molar-refractivity contribution in [3.63, 3.8) is 0 Å². The average Bonchev–Trinajstić information content (AvgIpc) is 2.83. The Balaban J connectivity index is 1.85. The number of rotatable bonds is 9. The summed E-state index contributed by atoms with van der Waals surface area (Å²) in [6.07, 6.45) is -4.10. The third kappa shape index (κ3) is 7.79. The molecule has 0 aromatic carbocycles. The molecule has 1 aliphatic carbocycles. The van der Waals surface area contributed by atoms with Crippen LogP contribution in [0.25, 0.3) is 0 Å². The van der Waals surface area contributed by atoms with Gasteiger partial charge in [0.1, 0.15) is 18.1 Å². The van der Waals surface area contributed by atoms with Crippen LogP contribution in [0.5, 0.6) is 0 Å². The Bertz CT molecular complexity index is 981. The number of nitrogens with one attached hydrogen (secondary N) is 3. The van der Waals surface area contributed by atoms with Gasteiger partial charge in [0.05, 0.1) is 6.07 Å². The molecule has 3 fully saturated rings. The highest BCUT2D eigenvalue weighted by Gasteiger charge is 2.52. The number of alkyl halides is 5. The molecule has 1 saturated carbocycles. The second-order valence-electron chi connectivity index (χ2n) is 10.7. The van der Waals surface area contributed by atoms with E-state index in [0.717, 1.165) is 11.3 Å². The zero-order chi connectivity index (χ0) is 29.0. The number of carbonyl (C=O) groups excluding carboxylic acids is 4. The van der Waals surface area contributed by atoms with E-state index in [1.165, 1.54) is 6.92 Å². The van der Waals surface area contributed by atoms with Gasteiger partial charge in [-0.1, -0.05) is 26.2 Å². The first kappa shape index (κ1) is 30.6. The Morgan fingerprint density at radius 3 is 2.36 bits per heavy atom. The molecule has 3 rings (SSSR count). The van der Waals surface area contributed by atoms with Gasteiger partial charge in [0.15, 0.2) is 0 Å². The summed E-state index contributed by atoms with van der Waals surface area (Å²) in [7, 11) is 0. The fraction of sp³-hybridized carbons (Fsp3) is 0.800. The number of halogens is 5. The van der Waals surface area contributed by atoms with Crippen LogP contribution >= 0.6 is 0 Å². The molecule has 14 heteroatoms. The number of hydrogen-bond donors (Lipinski definition) is 3. The first-order valence-corrected chi connectivity index (χ1v) is 13.3. The molecule has 0 spiro atoms. The van der Waals surface area contributed by atoms with Crippen molar-refractivity contribution in [3.8, 4) is 6.07 Å². The Morgan fingerprint density at radius 2 is 1.82 bits per heavy atom. The summed E-state index contributed by atoms with van der Waals surface area (Å²) in [5.41, 5.74) is 0. The minimum Gasteiger partial charge on any atom is -0.356 e. The highest BCUT2D eigenvalue weighted by Crippen LogP contribution is 2.38. The molecule has 0 aromatic rings. The Labute approximate surface area is 223 Å². The number of nitriles is 1. The van der Waals surface area contributed by atoms with Gasteiger partial charge in [-0.2, -0.15) is 18.4 Å². The maximum atomic E-state index is 14.7. The van der Waals surface area contributed by atoms with Crippen LogP contribution in [0.3, 0.4) is 0 Å². The van der Waals surface area contributed by atoms with E-state index in [2.05, 4.69) is 10.6 Å². The SMILES string of the molecule is CC[C@H]1CC(F)(F)C[C@@H](C(=O)N[C@H](C#N)C[C@@H]2CCCNC2=O)N1C(=O)[C@@H](CC1CCC1)NC(=O)C(F)(F)F. The third-order valence-electron chi connectivity index (χ3n) is 7.83. The fourth-order valence-corrected chi connectivity index (χ4v) is 5.52. The topological polar surface area (TPSA) is 131 Å². The summed E-state index contributed by atoms with van der Waals surface area (Å²) < 4.78 is 68.6. The molecule has 2 saturated heterocycles. The molecule has 0 bridgehead atoms. The van der Waals surface area contributed by atoms with Crippen molar-refractivity contribution in [2.45, 2.75) is 107 Å². The predicted octanol–water partition coefficient (Wildman–Crippen LogP) is 2.55. The van der Waals surface area contributed by atoms with Gasteiger partial charge in [-0.25, -0.2) is 8.78 Å². The summed E-state index contributed by atoms with van der Waals surface area (Å²) in [5, 5.41) is 16.3. The van der Waals surface area contributed by atoms with E-state index in [-0.39, 0.29) is 31.1 Å². The van der Waals surface area contributed by atoms with Crippen molar-refractivity contribution in [1.82, 2.24) is 20.9 Å². The minimum absolute atomic E-state index is 0.0155. The van der Waals surface area contributed by atoms with Gasteiger partial charge >= 0.3 is 12.1 Å². The van der Waals surface area contributed by atoms with Gasteiger partial charge in [-0.05, 0) is 38.0 Å². The molecule has 9 nitrogen and oxygen atoms in total. The highest BCUT2D eigenvalue weighted by molar-refractivity contribution is 5.93. The van der Waals surface area contributed by atoms with E-state index in [0.29, 0.717) is 32.2 Å². The predicted molar refractivity (Wildman–Crippen MR) is 127 cm³/mol. The molecule has 0 aromatic heterocycles. The van der Waals surface area contributed by atoms with Crippen molar-refractivity contribution in [2.75, 3.05) is 6.54 Å². The smallest absolute Gasteiger partial charge is 0.356 e. The van der Waals surface area contributed by atoms with Gasteiger partial charge in [0, 0.05) is 31.3 Å². The summed E-state index contributed by atoms with van der Waals surface area (Å²) in [6, 6.07) is -3.99. The molecular weight excluding hydrogens is 529 g/mol. The van der Waals surface area contributed by atoms with E-state index in [4.69, 9.17) is 0 Å². The van der Waals surface area contributed by atoms with Crippen LogP contribution in [0.2, 0.25) is 0 Å². The van der Waals surface area contributed by atoms with Crippen molar-refractivity contribution < 1.29 is 41.1 Å². The molecule has 3 aliphatic rings. The highest BCUT2D eigenvalue weighted by atomic mass is 19.4. The lowest BCUT2D eigenvalue weighted by atomic mass is 9.80. The maximum Gasteiger partial charge on any atom is 0.471 e. The molecule has 5 atom stereocenters. The van der Waals surface area contributed by atoms with Crippen LogP contribution in [-0.4, -0.2) is 71.3 Å². The van der Waals surface area contributed by atoms with Crippen LogP contribution < -0.4 is 16.0 Å². The molecular formula is C25H34F5N5O4. The average molecular weight is 564 g/mol. The molecule has 2 heterocycles. The largest absolute Gasteiger partial charge is 0.471 e. The van der Waals surface area contributed by atoms with Crippen molar-refractivity contribution in [1.29, 1.82) is 5.26 Å². The molecule has 218 valence electrons. The number of carbonyl (C=O) groups is 4. The van der Waals surface area contributed by atoms with Crippen LogP contribution in [0.1, 0.15) is 71.1 Å². The quantitative estimate of drug-likeness (QED) is 0.371. The van der Waals surface area contributed by atoms with E-state index in [9.17, 15) is 46.4 Å². The minimum atomic E-state index is -5.26. The summed E-state index contributed by atoms with van der Waals surface area (Å²) in [4.78, 5) is 51.6. The number of piperidine rings is 2.